The third-order valence-corrected chi connectivity index (χ3v) is 3.79. The molecule has 0 saturated heterocycles. The lowest BCUT2D eigenvalue weighted by Crippen LogP contribution is -2.30. The van der Waals surface area contributed by atoms with Gasteiger partial charge in [-0.2, -0.15) is 0 Å². The first-order valence-corrected chi connectivity index (χ1v) is 8.43. The lowest BCUT2D eigenvalue weighted by Gasteiger charge is -2.09. The predicted octanol–water partition coefficient (Wildman–Crippen LogP) is 1.11. The van der Waals surface area contributed by atoms with Crippen molar-refractivity contribution in [2.24, 2.45) is 0 Å². The molecule has 0 saturated carbocycles. The van der Waals surface area contributed by atoms with Gasteiger partial charge in [-0.25, -0.2) is 13.1 Å². The second-order valence-corrected chi connectivity index (χ2v) is 6.52. The Hall–Kier alpha value is -0.170. The zero-order valence-electron chi connectivity index (χ0n) is 11.9. The average molecular weight is 280 g/mol. The molecule has 6 heteroatoms. The Bertz CT molecular complexity index is 279. The number of rotatable bonds is 12. The van der Waals surface area contributed by atoms with E-state index in [2.05, 4.69) is 17.0 Å². The monoisotopic (exact) mass is 280 g/mol. The molecule has 0 atom stereocenters. The van der Waals surface area contributed by atoms with E-state index in [0.29, 0.717) is 19.6 Å². The zero-order valence-corrected chi connectivity index (χ0v) is 12.7. The Balaban J connectivity index is 3.49. The van der Waals surface area contributed by atoms with Crippen LogP contribution in [0.15, 0.2) is 0 Å². The number of nitrogens with one attached hydrogen (secondary N) is 2. The van der Waals surface area contributed by atoms with Gasteiger partial charge >= 0.3 is 0 Å². The van der Waals surface area contributed by atoms with Crippen LogP contribution in [0.25, 0.3) is 0 Å². The Labute approximate surface area is 112 Å². The first-order valence-electron chi connectivity index (χ1n) is 6.77. The van der Waals surface area contributed by atoms with Gasteiger partial charge in [-0.1, -0.05) is 6.92 Å². The summed E-state index contributed by atoms with van der Waals surface area (Å²) >= 11 is 0. The van der Waals surface area contributed by atoms with Crippen LogP contribution in [-0.2, 0) is 14.8 Å². The molecule has 0 amide bonds. The topological polar surface area (TPSA) is 67.4 Å². The normalized spacial score (nSPS) is 12.2. The molecule has 0 rings (SSSR count). The Morgan fingerprint density at radius 2 is 1.83 bits per heavy atom. The summed E-state index contributed by atoms with van der Waals surface area (Å²) in [6.45, 7) is 8.64. The van der Waals surface area contributed by atoms with Crippen molar-refractivity contribution in [1.82, 2.24) is 10.0 Å². The van der Waals surface area contributed by atoms with Crippen LogP contribution >= 0.6 is 0 Å². The molecule has 0 aromatic carbocycles. The van der Waals surface area contributed by atoms with E-state index in [-0.39, 0.29) is 11.9 Å². The summed E-state index contributed by atoms with van der Waals surface area (Å²) in [4.78, 5) is 0. The molecule has 0 aliphatic heterocycles. The second-order valence-electron chi connectivity index (χ2n) is 4.59. The summed E-state index contributed by atoms with van der Waals surface area (Å²) in [5.74, 6) is 0.197. The van der Waals surface area contributed by atoms with Crippen molar-refractivity contribution in [3.8, 4) is 0 Å². The average Bonchev–Trinajstić information content (AvgIpc) is 2.29. The van der Waals surface area contributed by atoms with E-state index in [0.717, 1.165) is 25.9 Å². The van der Waals surface area contributed by atoms with Crippen LogP contribution in [0.3, 0.4) is 0 Å². The Kier molecular flexibility index (Phi) is 10.6. The Morgan fingerprint density at radius 1 is 1.11 bits per heavy atom. The summed E-state index contributed by atoms with van der Waals surface area (Å²) < 4.78 is 31.0. The number of hydrogen-bond donors (Lipinski definition) is 2. The third kappa shape index (κ3) is 12.3. The van der Waals surface area contributed by atoms with Gasteiger partial charge in [-0.15, -0.1) is 0 Å². The van der Waals surface area contributed by atoms with E-state index in [1.165, 1.54) is 0 Å². The fraction of sp³-hybridized carbons (Fsp3) is 1.00. The number of unbranched alkanes of at least 4 members (excludes halogenated alkanes) is 1. The number of hydrogen-bond acceptors (Lipinski definition) is 4. The van der Waals surface area contributed by atoms with Gasteiger partial charge in [0.15, 0.2) is 0 Å². The van der Waals surface area contributed by atoms with Crippen molar-refractivity contribution < 1.29 is 13.2 Å². The van der Waals surface area contributed by atoms with Crippen LogP contribution in [0.2, 0.25) is 0 Å². The molecule has 0 aromatic heterocycles. The van der Waals surface area contributed by atoms with Gasteiger partial charge in [0.05, 0.1) is 18.5 Å². The molecule has 0 heterocycles. The summed E-state index contributed by atoms with van der Waals surface area (Å²) in [7, 11) is -3.13. The molecule has 18 heavy (non-hydrogen) atoms. The van der Waals surface area contributed by atoms with Crippen molar-refractivity contribution in [1.29, 1.82) is 0 Å². The molecule has 0 aliphatic rings. The van der Waals surface area contributed by atoms with Crippen LogP contribution in [0.4, 0.5) is 0 Å². The van der Waals surface area contributed by atoms with E-state index >= 15 is 0 Å². The predicted molar refractivity (Wildman–Crippen MR) is 75.3 cm³/mol. The molecule has 2 N–H and O–H groups in total. The molecular weight excluding hydrogens is 252 g/mol. The fourth-order valence-electron chi connectivity index (χ4n) is 1.41. The highest BCUT2D eigenvalue weighted by Gasteiger charge is 2.08. The highest BCUT2D eigenvalue weighted by Crippen LogP contribution is 1.94. The number of ether oxygens (including phenoxy) is 1. The summed E-state index contributed by atoms with van der Waals surface area (Å²) in [6, 6.07) is 0. The lowest BCUT2D eigenvalue weighted by atomic mass is 10.3. The first kappa shape index (κ1) is 17.8. The van der Waals surface area contributed by atoms with E-state index in [1.807, 2.05) is 13.8 Å². The maximum absolute atomic E-state index is 11.6. The van der Waals surface area contributed by atoms with Crippen LogP contribution in [0.5, 0.6) is 0 Å². The van der Waals surface area contributed by atoms with Gasteiger partial charge in [0.25, 0.3) is 0 Å². The molecule has 0 spiro atoms. The minimum atomic E-state index is -3.13. The van der Waals surface area contributed by atoms with Crippen molar-refractivity contribution >= 4 is 10.0 Å². The van der Waals surface area contributed by atoms with Gasteiger partial charge in [0.1, 0.15) is 0 Å². The molecule has 5 nitrogen and oxygen atoms in total. The Morgan fingerprint density at radius 3 is 2.44 bits per heavy atom. The van der Waals surface area contributed by atoms with Crippen LogP contribution in [0.1, 0.15) is 40.0 Å². The van der Waals surface area contributed by atoms with Gasteiger partial charge in [0, 0.05) is 6.54 Å². The van der Waals surface area contributed by atoms with E-state index in [4.69, 9.17) is 4.74 Å². The second kappa shape index (κ2) is 10.7. The fourth-order valence-corrected chi connectivity index (χ4v) is 2.53. The molecular formula is C12H28N2O3S. The minimum Gasteiger partial charge on any atom is -0.377 e. The highest BCUT2D eigenvalue weighted by molar-refractivity contribution is 7.89. The molecule has 0 unspecified atom stereocenters. The summed E-state index contributed by atoms with van der Waals surface area (Å²) in [5, 5.41) is 3.25. The van der Waals surface area contributed by atoms with E-state index in [9.17, 15) is 8.42 Å². The maximum Gasteiger partial charge on any atom is 0.211 e. The van der Waals surface area contributed by atoms with Crippen molar-refractivity contribution in [3.05, 3.63) is 0 Å². The van der Waals surface area contributed by atoms with Gasteiger partial charge in [-0.3, -0.25) is 0 Å². The first-order chi connectivity index (χ1) is 8.48. The number of sulfonamides is 1. The molecule has 110 valence electrons. The molecule has 0 bridgehead atoms. The van der Waals surface area contributed by atoms with Crippen molar-refractivity contribution in [2.75, 3.05) is 32.0 Å². The molecule has 0 radical (unpaired) electrons. The minimum absolute atomic E-state index is 0.138. The van der Waals surface area contributed by atoms with Crippen LogP contribution in [-0.4, -0.2) is 46.5 Å². The largest absolute Gasteiger partial charge is 0.377 e. The van der Waals surface area contributed by atoms with Crippen LogP contribution < -0.4 is 10.0 Å². The molecule has 0 fully saturated rings. The van der Waals surface area contributed by atoms with E-state index in [1.54, 1.807) is 0 Å². The van der Waals surface area contributed by atoms with Crippen molar-refractivity contribution in [2.45, 2.75) is 46.1 Å². The summed E-state index contributed by atoms with van der Waals surface area (Å²) in [6.07, 6.45) is 2.83. The van der Waals surface area contributed by atoms with Crippen LogP contribution in [0, 0.1) is 0 Å². The maximum atomic E-state index is 11.6. The summed E-state index contributed by atoms with van der Waals surface area (Å²) in [5.41, 5.74) is 0. The molecule has 0 aliphatic carbocycles. The third-order valence-electron chi connectivity index (χ3n) is 2.32. The van der Waals surface area contributed by atoms with E-state index < -0.39 is 10.0 Å². The van der Waals surface area contributed by atoms with Gasteiger partial charge in [-0.05, 0) is 46.2 Å². The quantitative estimate of drug-likeness (QED) is 0.526. The van der Waals surface area contributed by atoms with Crippen molar-refractivity contribution in [3.63, 3.8) is 0 Å². The SMILES string of the molecule is CCCNCCCCS(=O)(=O)NCCOC(C)C. The zero-order chi connectivity index (χ0) is 13.9. The highest BCUT2D eigenvalue weighted by atomic mass is 32.2. The van der Waals surface area contributed by atoms with Gasteiger partial charge < -0.3 is 10.1 Å². The lowest BCUT2D eigenvalue weighted by molar-refractivity contribution is 0.0834. The van der Waals surface area contributed by atoms with Gasteiger partial charge in [0.2, 0.25) is 10.0 Å². The smallest absolute Gasteiger partial charge is 0.211 e. The molecule has 0 aromatic rings. The standard InChI is InChI=1S/C12H28N2O3S/c1-4-7-13-8-5-6-11-18(15,16)14-9-10-17-12(2)3/h12-14H,4-11H2,1-3H3.